The van der Waals surface area contributed by atoms with Gasteiger partial charge in [0, 0.05) is 6.04 Å². The summed E-state index contributed by atoms with van der Waals surface area (Å²) in [5.41, 5.74) is 7.36. The number of aryl methyl sites for hydroxylation is 2. The quantitative estimate of drug-likeness (QED) is 0.900. The van der Waals surface area contributed by atoms with Gasteiger partial charge < -0.3 is 10.3 Å². The molecule has 1 aromatic heterocycles. The summed E-state index contributed by atoms with van der Waals surface area (Å²) in [5, 5.41) is 3.66. The molecule has 6 nitrogen and oxygen atoms in total. The molecule has 108 valence electrons. The number of nitrogens with two attached hydrogens (primary N) is 1. The van der Waals surface area contributed by atoms with Crippen LogP contribution >= 0.6 is 0 Å². The molecule has 1 unspecified atom stereocenters. The van der Waals surface area contributed by atoms with Crippen LogP contribution in [0.25, 0.3) is 0 Å². The van der Waals surface area contributed by atoms with Crippen molar-refractivity contribution in [3.8, 4) is 0 Å². The molecule has 0 saturated carbocycles. The Bertz CT molecular complexity index is 701. The Morgan fingerprint density at radius 2 is 1.95 bits per heavy atom. The van der Waals surface area contributed by atoms with E-state index in [1.807, 2.05) is 6.07 Å². The van der Waals surface area contributed by atoms with Gasteiger partial charge >= 0.3 is 0 Å². The number of hydrogen-bond acceptors (Lipinski definition) is 5. The molecule has 0 aliphatic rings. The van der Waals surface area contributed by atoms with Crippen molar-refractivity contribution in [2.24, 2.45) is 5.73 Å². The van der Waals surface area contributed by atoms with E-state index >= 15 is 0 Å². The minimum atomic E-state index is -3.75. The zero-order valence-corrected chi connectivity index (χ0v) is 12.4. The second-order valence-electron chi connectivity index (χ2n) is 4.63. The minimum Gasteiger partial charge on any atom is -0.360 e. The van der Waals surface area contributed by atoms with E-state index in [2.05, 4.69) is 9.88 Å². The molecule has 0 fully saturated rings. The maximum atomic E-state index is 12.4. The van der Waals surface area contributed by atoms with Crippen molar-refractivity contribution in [1.29, 1.82) is 0 Å². The van der Waals surface area contributed by atoms with Gasteiger partial charge in [0.25, 0.3) is 10.0 Å². The van der Waals surface area contributed by atoms with Crippen molar-refractivity contribution in [3.05, 3.63) is 41.3 Å². The van der Waals surface area contributed by atoms with Gasteiger partial charge in [-0.15, -0.1) is 0 Å². The second kappa shape index (κ2) is 5.26. The number of para-hydroxylation sites is 1. The number of aromatic nitrogens is 1. The van der Waals surface area contributed by atoms with Crippen molar-refractivity contribution in [2.45, 2.75) is 31.7 Å². The summed E-state index contributed by atoms with van der Waals surface area (Å²) in [4.78, 5) is 0.0666. The summed E-state index contributed by atoms with van der Waals surface area (Å²) in [6.45, 7) is 4.94. The molecule has 3 N–H and O–H groups in total. The molecule has 0 amide bonds. The molecule has 0 bridgehead atoms. The highest BCUT2D eigenvalue weighted by Crippen LogP contribution is 2.26. The third-order valence-electron chi connectivity index (χ3n) is 2.93. The van der Waals surface area contributed by atoms with Crippen LogP contribution in [-0.4, -0.2) is 13.6 Å². The summed E-state index contributed by atoms with van der Waals surface area (Å²) in [6, 6.07) is 6.74. The highest BCUT2D eigenvalue weighted by atomic mass is 32.2. The first-order chi connectivity index (χ1) is 9.33. The van der Waals surface area contributed by atoms with Crippen molar-refractivity contribution in [3.63, 3.8) is 0 Å². The van der Waals surface area contributed by atoms with Crippen LogP contribution < -0.4 is 10.5 Å². The van der Waals surface area contributed by atoms with Gasteiger partial charge in [0.05, 0.1) is 5.69 Å². The van der Waals surface area contributed by atoms with Crippen LogP contribution in [-0.2, 0) is 10.0 Å². The van der Waals surface area contributed by atoms with Crippen molar-refractivity contribution >= 4 is 15.7 Å². The molecule has 2 aromatic rings. The Labute approximate surface area is 118 Å². The molecule has 0 radical (unpaired) electrons. The number of rotatable bonds is 4. The van der Waals surface area contributed by atoms with Gasteiger partial charge in [-0.3, -0.25) is 4.72 Å². The molecule has 1 aromatic carbocycles. The molecule has 2 rings (SSSR count). The molecule has 0 saturated heterocycles. The van der Waals surface area contributed by atoms with Gasteiger partial charge in [-0.25, -0.2) is 8.42 Å². The molecule has 0 spiro atoms. The van der Waals surface area contributed by atoms with E-state index in [-0.39, 0.29) is 16.7 Å². The predicted octanol–water partition coefficient (Wildman–Crippen LogP) is 2.11. The maximum Gasteiger partial charge on any atom is 0.267 e. The lowest BCUT2D eigenvalue weighted by atomic mass is 10.1. The van der Waals surface area contributed by atoms with E-state index in [1.54, 1.807) is 39.0 Å². The van der Waals surface area contributed by atoms with Crippen LogP contribution in [0.15, 0.2) is 33.7 Å². The molecule has 7 heteroatoms. The molecule has 20 heavy (non-hydrogen) atoms. The summed E-state index contributed by atoms with van der Waals surface area (Å²) >= 11 is 0. The van der Waals surface area contributed by atoms with E-state index in [1.165, 1.54) is 0 Å². The van der Waals surface area contributed by atoms with E-state index in [4.69, 9.17) is 10.3 Å². The molecule has 1 atom stereocenters. The second-order valence-corrected chi connectivity index (χ2v) is 6.25. The average Bonchev–Trinajstić information content (AvgIpc) is 2.69. The number of sulfonamides is 1. The topological polar surface area (TPSA) is 98.2 Å². The van der Waals surface area contributed by atoms with E-state index < -0.39 is 10.0 Å². The number of hydrogen-bond donors (Lipinski definition) is 2. The SMILES string of the molecule is Cc1noc(C)c1S(=O)(=O)Nc1ccccc1C(C)N. The number of anilines is 1. The zero-order valence-electron chi connectivity index (χ0n) is 11.5. The monoisotopic (exact) mass is 295 g/mol. The lowest BCUT2D eigenvalue weighted by molar-refractivity contribution is 0.390. The molecular formula is C13H17N3O3S. The van der Waals surface area contributed by atoms with Crippen molar-refractivity contribution in [2.75, 3.05) is 4.72 Å². The highest BCUT2D eigenvalue weighted by molar-refractivity contribution is 7.92. The first kappa shape index (κ1) is 14.5. The van der Waals surface area contributed by atoms with Gasteiger partial charge in [-0.1, -0.05) is 23.4 Å². The first-order valence-corrected chi connectivity index (χ1v) is 7.61. The van der Waals surface area contributed by atoms with Gasteiger partial charge in [0.1, 0.15) is 5.69 Å². The lowest BCUT2D eigenvalue weighted by Gasteiger charge is -2.14. The van der Waals surface area contributed by atoms with Gasteiger partial charge in [0.15, 0.2) is 10.7 Å². The van der Waals surface area contributed by atoms with Crippen LogP contribution in [0, 0.1) is 13.8 Å². The van der Waals surface area contributed by atoms with Crippen LogP contribution in [0.3, 0.4) is 0 Å². The minimum absolute atomic E-state index is 0.0666. The summed E-state index contributed by atoms with van der Waals surface area (Å²) < 4.78 is 32.3. The lowest BCUT2D eigenvalue weighted by Crippen LogP contribution is -2.17. The summed E-state index contributed by atoms with van der Waals surface area (Å²) in [7, 11) is -3.75. The Kier molecular flexibility index (Phi) is 3.82. The Hall–Kier alpha value is -1.86. The largest absolute Gasteiger partial charge is 0.360 e. The average molecular weight is 295 g/mol. The van der Waals surface area contributed by atoms with Crippen molar-refractivity contribution in [1.82, 2.24) is 5.16 Å². The molecule has 1 heterocycles. The Morgan fingerprint density at radius 1 is 1.30 bits per heavy atom. The number of nitrogens with zero attached hydrogens (tertiary/aromatic N) is 1. The fraction of sp³-hybridized carbons (Fsp3) is 0.308. The normalized spacial score (nSPS) is 13.2. The molecule has 0 aliphatic heterocycles. The highest BCUT2D eigenvalue weighted by Gasteiger charge is 2.25. The zero-order chi connectivity index (χ0) is 14.9. The summed E-state index contributed by atoms with van der Waals surface area (Å²) in [6.07, 6.45) is 0. The van der Waals surface area contributed by atoms with E-state index in [9.17, 15) is 8.42 Å². The number of nitrogens with one attached hydrogen (secondary N) is 1. The van der Waals surface area contributed by atoms with Gasteiger partial charge in [0.2, 0.25) is 0 Å². The summed E-state index contributed by atoms with van der Waals surface area (Å²) in [5.74, 6) is 0.258. The molecular weight excluding hydrogens is 278 g/mol. The standard InChI is InChI=1S/C13H17N3O3S/c1-8(14)11-6-4-5-7-12(11)16-20(17,18)13-9(2)15-19-10(13)3/h4-8,16H,14H2,1-3H3. The number of benzene rings is 1. The smallest absolute Gasteiger partial charge is 0.267 e. The van der Waals surface area contributed by atoms with Gasteiger partial charge in [-0.05, 0) is 32.4 Å². The van der Waals surface area contributed by atoms with Gasteiger partial charge in [-0.2, -0.15) is 0 Å². The van der Waals surface area contributed by atoms with Crippen LogP contribution in [0.2, 0.25) is 0 Å². The third kappa shape index (κ3) is 2.68. The van der Waals surface area contributed by atoms with Crippen LogP contribution in [0.5, 0.6) is 0 Å². The van der Waals surface area contributed by atoms with Crippen LogP contribution in [0.4, 0.5) is 5.69 Å². The molecule has 0 aliphatic carbocycles. The first-order valence-electron chi connectivity index (χ1n) is 6.13. The maximum absolute atomic E-state index is 12.4. The predicted molar refractivity (Wildman–Crippen MR) is 75.8 cm³/mol. The Balaban J connectivity index is 2.45. The van der Waals surface area contributed by atoms with Crippen LogP contribution in [0.1, 0.15) is 30.0 Å². The Morgan fingerprint density at radius 3 is 2.50 bits per heavy atom. The van der Waals surface area contributed by atoms with Crippen molar-refractivity contribution < 1.29 is 12.9 Å². The fourth-order valence-electron chi connectivity index (χ4n) is 2.04. The fourth-order valence-corrected chi connectivity index (χ4v) is 3.46. The third-order valence-corrected chi connectivity index (χ3v) is 4.54. The van der Waals surface area contributed by atoms with E-state index in [0.29, 0.717) is 11.4 Å². The van der Waals surface area contributed by atoms with E-state index in [0.717, 1.165) is 5.56 Å².